The molecule has 5 nitrogen and oxygen atoms in total. The van der Waals surface area contributed by atoms with E-state index in [1.54, 1.807) is 42.9 Å². The van der Waals surface area contributed by atoms with E-state index in [-0.39, 0.29) is 5.91 Å². The average molecular weight is 497 g/mol. The molecule has 1 amide bonds. The molecule has 3 aromatic carbocycles. The summed E-state index contributed by atoms with van der Waals surface area (Å²) < 4.78 is 2.06. The maximum atomic E-state index is 12.3. The molecule has 0 saturated heterocycles. The summed E-state index contributed by atoms with van der Waals surface area (Å²) in [5, 5.41) is 10.8. The zero-order valence-corrected chi connectivity index (χ0v) is 20.5. The topological polar surface area (TPSA) is 51.0 Å². The molecule has 0 aliphatic rings. The highest BCUT2D eigenvalue weighted by atomic mass is 35.5. The molecule has 0 bridgehead atoms. The average Bonchev–Trinajstić information content (AvgIpc) is 3.20. The van der Waals surface area contributed by atoms with E-state index < -0.39 is 0 Å². The van der Waals surface area contributed by atoms with Crippen LogP contribution >= 0.6 is 35.0 Å². The summed E-state index contributed by atoms with van der Waals surface area (Å²) >= 11 is 14.1. The third-order valence-corrected chi connectivity index (χ3v) is 6.61. The van der Waals surface area contributed by atoms with Crippen molar-refractivity contribution in [1.82, 2.24) is 19.7 Å². The lowest BCUT2D eigenvalue weighted by Gasteiger charge is -2.12. The molecule has 0 aliphatic carbocycles. The van der Waals surface area contributed by atoms with Gasteiger partial charge in [-0.1, -0.05) is 77.4 Å². The highest BCUT2D eigenvalue weighted by molar-refractivity contribution is 7.98. The Hall–Kier alpha value is -2.80. The van der Waals surface area contributed by atoms with Crippen LogP contribution in [0, 0.1) is 0 Å². The lowest BCUT2D eigenvalue weighted by atomic mass is 10.1. The number of hydrogen-bond donors (Lipinski definition) is 0. The van der Waals surface area contributed by atoms with Crippen LogP contribution in [0.5, 0.6) is 0 Å². The van der Waals surface area contributed by atoms with Gasteiger partial charge in [0, 0.05) is 36.0 Å². The van der Waals surface area contributed by atoms with Crippen molar-refractivity contribution in [2.75, 3.05) is 14.1 Å². The summed E-state index contributed by atoms with van der Waals surface area (Å²) in [7, 11) is 3.50. The van der Waals surface area contributed by atoms with E-state index >= 15 is 0 Å². The van der Waals surface area contributed by atoms with E-state index in [1.165, 1.54) is 0 Å². The maximum Gasteiger partial charge on any atom is 0.253 e. The molecule has 8 heteroatoms. The van der Waals surface area contributed by atoms with Crippen molar-refractivity contribution in [3.63, 3.8) is 0 Å². The summed E-state index contributed by atoms with van der Waals surface area (Å²) in [6.45, 7) is 0.601. The third-order valence-electron chi connectivity index (χ3n) is 5.02. The minimum Gasteiger partial charge on any atom is -0.345 e. The van der Waals surface area contributed by atoms with Crippen LogP contribution in [0.15, 0.2) is 78.0 Å². The molecule has 0 fully saturated rings. The predicted octanol–water partition coefficient (Wildman–Crippen LogP) is 6.29. The van der Waals surface area contributed by atoms with Gasteiger partial charge >= 0.3 is 0 Å². The van der Waals surface area contributed by atoms with Crippen molar-refractivity contribution in [2.45, 2.75) is 17.5 Å². The first-order valence-corrected chi connectivity index (χ1v) is 12.0. The van der Waals surface area contributed by atoms with Crippen molar-refractivity contribution in [3.05, 3.63) is 99.5 Å². The number of thioether (sulfide) groups is 1. The Morgan fingerprint density at radius 3 is 2.42 bits per heavy atom. The Labute approximate surface area is 207 Å². The van der Waals surface area contributed by atoms with Crippen LogP contribution in [-0.4, -0.2) is 39.7 Å². The monoisotopic (exact) mass is 496 g/mol. The summed E-state index contributed by atoms with van der Waals surface area (Å²) in [4.78, 5) is 13.9. The normalized spacial score (nSPS) is 10.9. The van der Waals surface area contributed by atoms with Crippen molar-refractivity contribution in [2.24, 2.45) is 0 Å². The molecule has 4 rings (SSSR count). The number of carbonyl (C=O) groups excluding carboxylic acids is 1. The zero-order chi connectivity index (χ0) is 23.4. The van der Waals surface area contributed by atoms with Gasteiger partial charge in [-0.25, -0.2) is 0 Å². The van der Waals surface area contributed by atoms with Gasteiger partial charge in [-0.2, -0.15) is 0 Å². The van der Waals surface area contributed by atoms with Crippen LogP contribution in [0.25, 0.3) is 11.4 Å². The van der Waals surface area contributed by atoms with E-state index in [0.29, 0.717) is 33.7 Å². The molecule has 1 heterocycles. The van der Waals surface area contributed by atoms with E-state index in [0.717, 1.165) is 21.8 Å². The van der Waals surface area contributed by atoms with Crippen LogP contribution < -0.4 is 0 Å². The first-order chi connectivity index (χ1) is 15.9. The van der Waals surface area contributed by atoms with Crippen LogP contribution in [0.2, 0.25) is 10.0 Å². The van der Waals surface area contributed by atoms with Gasteiger partial charge in [-0.05, 0) is 41.5 Å². The Bertz CT molecular complexity index is 1270. The van der Waals surface area contributed by atoms with Gasteiger partial charge in [0.15, 0.2) is 11.0 Å². The smallest absolute Gasteiger partial charge is 0.253 e. The number of carbonyl (C=O) groups is 1. The molecule has 0 radical (unpaired) electrons. The first-order valence-electron chi connectivity index (χ1n) is 10.3. The molecular weight excluding hydrogens is 475 g/mol. The number of nitrogens with zero attached hydrogens (tertiary/aromatic N) is 4. The second kappa shape index (κ2) is 10.4. The number of aromatic nitrogens is 3. The number of rotatable bonds is 7. The van der Waals surface area contributed by atoms with Gasteiger partial charge in [0.1, 0.15) is 0 Å². The van der Waals surface area contributed by atoms with Gasteiger partial charge < -0.3 is 4.90 Å². The molecular formula is C25H22Cl2N4OS. The minimum absolute atomic E-state index is 0.0197. The molecule has 1 aromatic heterocycles. The molecule has 0 unspecified atom stereocenters. The lowest BCUT2D eigenvalue weighted by Crippen LogP contribution is -2.21. The van der Waals surface area contributed by atoms with Crippen LogP contribution in [0.1, 0.15) is 21.5 Å². The highest BCUT2D eigenvalue weighted by Crippen LogP contribution is 2.33. The number of hydrogen-bond acceptors (Lipinski definition) is 4. The van der Waals surface area contributed by atoms with Gasteiger partial charge in [0.05, 0.1) is 11.6 Å². The molecule has 4 aromatic rings. The fraction of sp³-hybridized carbons (Fsp3) is 0.160. The van der Waals surface area contributed by atoms with Crippen LogP contribution in [-0.2, 0) is 12.3 Å². The van der Waals surface area contributed by atoms with E-state index in [4.69, 9.17) is 23.2 Å². The number of halogens is 2. The van der Waals surface area contributed by atoms with Gasteiger partial charge in [0.2, 0.25) is 0 Å². The quantitative estimate of drug-likeness (QED) is 0.282. The minimum atomic E-state index is -0.0197. The molecule has 0 aliphatic heterocycles. The van der Waals surface area contributed by atoms with E-state index in [1.807, 2.05) is 48.5 Å². The Morgan fingerprint density at radius 1 is 0.939 bits per heavy atom. The van der Waals surface area contributed by atoms with E-state index in [9.17, 15) is 4.79 Å². The molecule has 0 N–H and O–H groups in total. The summed E-state index contributed by atoms with van der Waals surface area (Å²) in [5.74, 6) is 1.31. The largest absolute Gasteiger partial charge is 0.345 e. The van der Waals surface area contributed by atoms with Crippen LogP contribution in [0.3, 0.4) is 0 Å². The SMILES string of the molecule is CN(C)C(=O)c1cccc(CSc2nnc(-c3ccc(Cl)cc3Cl)n2Cc2ccccc2)c1. The number of amides is 1. The lowest BCUT2D eigenvalue weighted by molar-refractivity contribution is 0.0827. The highest BCUT2D eigenvalue weighted by Gasteiger charge is 2.18. The molecule has 0 spiro atoms. The summed E-state index contributed by atoms with van der Waals surface area (Å²) in [5.41, 5.74) is 3.60. The number of benzene rings is 3. The fourth-order valence-electron chi connectivity index (χ4n) is 3.37. The Balaban J connectivity index is 1.65. The van der Waals surface area contributed by atoms with Crippen LogP contribution in [0.4, 0.5) is 0 Å². The maximum absolute atomic E-state index is 12.3. The predicted molar refractivity (Wildman–Crippen MR) is 135 cm³/mol. The van der Waals surface area contributed by atoms with Gasteiger partial charge in [0.25, 0.3) is 5.91 Å². The second-order valence-electron chi connectivity index (χ2n) is 7.69. The second-order valence-corrected chi connectivity index (χ2v) is 9.48. The Kier molecular flexibility index (Phi) is 7.38. The first kappa shape index (κ1) is 23.4. The molecule has 0 atom stereocenters. The molecule has 0 saturated carbocycles. The van der Waals surface area contributed by atoms with Crippen molar-refractivity contribution in [3.8, 4) is 11.4 Å². The standard InChI is InChI=1S/C25H22Cl2N4OS/c1-30(2)24(32)19-10-6-9-18(13-19)16-33-25-29-28-23(21-12-11-20(26)14-22(21)27)31(25)15-17-7-4-3-5-8-17/h3-14H,15-16H2,1-2H3. The van der Waals surface area contributed by atoms with E-state index in [2.05, 4.69) is 26.9 Å². The summed E-state index contributed by atoms with van der Waals surface area (Å²) in [6, 6.07) is 23.2. The van der Waals surface area contributed by atoms with Gasteiger partial charge in [-0.15, -0.1) is 10.2 Å². The van der Waals surface area contributed by atoms with Crippen molar-refractivity contribution in [1.29, 1.82) is 0 Å². The van der Waals surface area contributed by atoms with Crippen molar-refractivity contribution < 1.29 is 4.79 Å². The molecule has 33 heavy (non-hydrogen) atoms. The summed E-state index contributed by atoms with van der Waals surface area (Å²) in [6.07, 6.45) is 0. The van der Waals surface area contributed by atoms with Crippen molar-refractivity contribution >= 4 is 40.9 Å². The third kappa shape index (κ3) is 5.58. The Morgan fingerprint density at radius 2 is 1.70 bits per heavy atom. The molecule has 168 valence electrons. The fourth-order valence-corrected chi connectivity index (χ4v) is 4.75. The van der Waals surface area contributed by atoms with Gasteiger partial charge in [-0.3, -0.25) is 9.36 Å². The zero-order valence-electron chi connectivity index (χ0n) is 18.2.